The lowest BCUT2D eigenvalue weighted by atomic mass is 10.1. The van der Waals surface area contributed by atoms with Crippen molar-refractivity contribution in [3.63, 3.8) is 0 Å². The predicted octanol–water partition coefficient (Wildman–Crippen LogP) is 3.17. The van der Waals surface area contributed by atoms with Gasteiger partial charge in [0.15, 0.2) is 0 Å². The van der Waals surface area contributed by atoms with Crippen LogP contribution in [0.2, 0.25) is 0 Å². The molecule has 2 rings (SSSR count). The zero-order chi connectivity index (χ0) is 13.8. The van der Waals surface area contributed by atoms with Crippen LogP contribution < -0.4 is 5.73 Å². The number of likely N-dealkylation sites (tertiary alicyclic amines) is 1. The lowest BCUT2D eigenvalue weighted by molar-refractivity contribution is 0.0709. The topological polar surface area (TPSA) is 46.3 Å². The Labute approximate surface area is 131 Å². The van der Waals surface area contributed by atoms with E-state index in [4.69, 9.17) is 5.73 Å². The second kappa shape index (κ2) is 7.91. The SMILES string of the molecule is CC(C)Sc1ccc(C(=O)N2CCCC(N)C2)cc1.Cl. The minimum Gasteiger partial charge on any atom is -0.337 e. The molecular formula is C15H23ClN2OS. The molecule has 1 aliphatic heterocycles. The summed E-state index contributed by atoms with van der Waals surface area (Å²) in [7, 11) is 0. The molecule has 0 saturated carbocycles. The molecule has 0 radical (unpaired) electrons. The summed E-state index contributed by atoms with van der Waals surface area (Å²) in [5.41, 5.74) is 6.69. The smallest absolute Gasteiger partial charge is 0.253 e. The number of rotatable bonds is 3. The third-order valence-electron chi connectivity index (χ3n) is 3.22. The molecule has 0 spiro atoms. The van der Waals surface area contributed by atoms with Gasteiger partial charge in [0, 0.05) is 34.8 Å². The molecule has 1 aromatic rings. The monoisotopic (exact) mass is 314 g/mol. The van der Waals surface area contributed by atoms with Crippen molar-refractivity contribution in [3.05, 3.63) is 29.8 Å². The Hall–Kier alpha value is -0.710. The van der Waals surface area contributed by atoms with E-state index in [1.807, 2.05) is 40.9 Å². The zero-order valence-electron chi connectivity index (χ0n) is 12.0. The highest BCUT2D eigenvalue weighted by Gasteiger charge is 2.22. The van der Waals surface area contributed by atoms with E-state index in [1.54, 1.807) is 0 Å². The van der Waals surface area contributed by atoms with Crippen LogP contribution in [-0.2, 0) is 0 Å². The fourth-order valence-electron chi connectivity index (χ4n) is 2.33. The molecule has 5 heteroatoms. The van der Waals surface area contributed by atoms with Gasteiger partial charge in [-0.05, 0) is 37.1 Å². The largest absolute Gasteiger partial charge is 0.337 e. The molecule has 20 heavy (non-hydrogen) atoms. The molecular weight excluding hydrogens is 292 g/mol. The fraction of sp³-hybridized carbons (Fsp3) is 0.533. The number of benzene rings is 1. The number of hydrogen-bond acceptors (Lipinski definition) is 3. The summed E-state index contributed by atoms with van der Waals surface area (Å²) in [6.07, 6.45) is 2.03. The van der Waals surface area contributed by atoms with Gasteiger partial charge < -0.3 is 10.6 Å². The Kier molecular flexibility index (Phi) is 6.86. The Morgan fingerprint density at radius 3 is 2.55 bits per heavy atom. The van der Waals surface area contributed by atoms with Gasteiger partial charge in [-0.25, -0.2) is 0 Å². The number of nitrogens with zero attached hydrogens (tertiary/aromatic N) is 1. The summed E-state index contributed by atoms with van der Waals surface area (Å²) in [5, 5.41) is 0.557. The van der Waals surface area contributed by atoms with Gasteiger partial charge in [-0.3, -0.25) is 4.79 Å². The molecule has 3 nitrogen and oxygen atoms in total. The highest BCUT2D eigenvalue weighted by Crippen LogP contribution is 2.23. The average molecular weight is 315 g/mol. The molecule has 0 aromatic heterocycles. The van der Waals surface area contributed by atoms with Crippen LogP contribution in [0.4, 0.5) is 0 Å². The van der Waals surface area contributed by atoms with Crippen molar-refractivity contribution in [2.75, 3.05) is 13.1 Å². The lowest BCUT2D eigenvalue weighted by Gasteiger charge is -2.30. The molecule has 1 aliphatic rings. The van der Waals surface area contributed by atoms with E-state index in [2.05, 4.69) is 13.8 Å². The molecule has 1 amide bonds. The molecule has 1 aromatic carbocycles. The standard InChI is InChI=1S/C15H22N2OS.ClH/c1-11(2)19-14-7-5-12(6-8-14)15(18)17-9-3-4-13(16)10-17;/h5-8,11,13H,3-4,9-10,16H2,1-2H3;1H. The number of thioether (sulfide) groups is 1. The van der Waals surface area contributed by atoms with Crippen LogP contribution in [0.25, 0.3) is 0 Å². The van der Waals surface area contributed by atoms with Crippen molar-refractivity contribution in [3.8, 4) is 0 Å². The number of carbonyl (C=O) groups is 1. The molecule has 1 atom stereocenters. The summed E-state index contributed by atoms with van der Waals surface area (Å²) in [6, 6.07) is 8.04. The highest BCUT2D eigenvalue weighted by molar-refractivity contribution is 7.99. The van der Waals surface area contributed by atoms with E-state index in [9.17, 15) is 4.79 Å². The predicted molar refractivity (Wildman–Crippen MR) is 87.8 cm³/mol. The first kappa shape index (κ1) is 17.3. The number of hydrogen-bond donors (Lipinski definition) is 1. The van der Waals surface area contributed by atoms with E-state index in [-0.39, 0.29) is 24.4 Å². The molecule has 1 saturated heterocycles. The summed E-state index contributed by atoms with van der Waals surface area (Å²) < 4.78 is 0. The van der Waals surface area contributed by atoms with Gasteiger partial charge in [0.1, 0.15) is 0 Å². The Balaban J connectivity index is 0.00000200. The Morgan fingerprint density at radius 1 is 1.35 bits per heavy atom. The van der Waals surface area contributed by atoms with Crippen LogP contribution in [0.15, 0.2) is 29.2 Å². The Bertz CT molecular complexity index is 436. The van der Waals surface area contributed by atoms with Crippen LogP contribution in [0.1, 0.15) is 37.0 Å². The first-order valence-corrected chi connectivity index (χ1v) is 7.76. The van der Waals surface area contributed by atoms with Crippen molar-refractivity contribution in [1.29, 1.82) is 0 Å². The zero-order valence-corrected chi connectivity index (χ0v) is 13.7. The fourth-order valence-corrected chi connectivity index (χ4v) is 3.16. The molecule has 2 N–H and O–H groups in total. The van der Waals surface area contributed by atoms with Gasteiger partial charge in [0.05, 0.1) is 0 Å². The first-order chi connectivity index (χ1) is 9.06. The van der Waals surface area contributed by atoms with Gasteiger partial charge in [-0.2, -0.15) is 0 Å². The number of carbonyl (C=O) groups excluding carboxylic acids is 1. The first-order valence-electron chi connectivity index (χ1n) is 6.88. The lowest BCUT2D eigenvalue weighted by Crippen LogP contribution is -2.45. The molecule has 0 aliphatic carbocycles. The van der Waals surface area contributed by atoms with Crippen molar-refractivity contribution in [1.82, 2.24) is 4.90 Å². The van der Waals surface area contributed by atoms with Gasteiger partial charge in [0.25, 0.3) is 5.91 Å². The van der Waals surface area contributed by atoms with Crippen LogP contribution >= 0.6 is 24.2 Å². The Morgan fingerprint density at radius 2 is 2.00 bits per heavy atom. The van der Waals surface area contributed by atoms with Crippen molar-refractivity contribution < 1.29 is 4.79 Å². The minimum absolute atomic E-state index is 0. The van der Waals surface area contributed by atoms with Crippen LogP contribution in [-0.4, -0.2) is 35.2 Å². The number of nitrogens with two attached hydrogens (primary N) is 1. The summed E-state index contributed by atoms with van der Waals surface area (Å²) in [5.74, 6) is 0.108. The number of amides is 1. The van der Waals surface area contributed by atoms with Gasteiger partial charge >= 0.3 is 0 Å². The average Bonchev–Trinajstić information content (AvgIpc) is 2.38. The van der Waals surface area contributed by atoms with Crippen LogP contribution in [0.3, 0.4) is 0 Å². The van der Waals surface area contributed by atoms with E-state index >= 15 is 0 Å². The van der Waals surface area contributed by atoms with Gasteiger partial charge in [-0.1, -0.05) is 13.8 Å². The molecule has 0 bridgehead atoms. The van der Waals surface area contributed by atoms with E-state index in [1.165, 1.54) is 4.90 Å². The molecule has 112 valence electrons. The van der Waals surface area contributed by atoms with Crippen molar-refractivity contribution in [2.45, 2.75) is 42.9 Å². The van der Waals surface area contributed by atoms with E-state index in [0.717, 1.165) is 24.9 Å². The maximum Gasteiger partial charge on any atom is 0.253 e. The summed E-state index contributed by atoms with van der Waals surface area (Å²) in [4.78, 5) is 15.4. The van der Waals surface area contributed by atoms with Crippen molar-refractivity contribution in [2.24, 2.45) is 5.73 Å². The van der Waals surface area contributed by atoms with Crippen LogP contribution in [0.5, 0.6) is 0 Å². The number of halogens is 1. The normalized spacial score (nSPS) is 18.8. The van der Waals surface area contributed by atoms with Crippen molar-refractivity contribution >= 4 is 30.1 Å². The second-order valence-electron chi connectivity index (χ2n) is 5.34. The minimum atomic E-state index is 0. The molecule has 1 heterocycles. The van der Waals surface area contributed by atoms with Gasteiger partial charge in [0.2, 0.25) is 0 Å². The maximum atomic E-state index is 12.3. The maximum absolute atomic E-state index is 12.3. The third kappa shape index (κ3) is 4.69. The second-order valence-corrected chi connectivity index (χ2v) is 6.99. The summed E-state index contributed by atoms with van der Waals surface area (Å²) >= 11 is 1.81. The van der Waals surface area contributed by atoms with Gasteiger partial charge in [-0.15, -0.1) is 24.2 Å². The van der Waals surface area contributed by atoms with E-state index < -0.39 is 0 Å². The number of piperidine rings is 1. The molecule has 1 unspecified atom stereocenters. The van der Waals surface area contributed by atoms with E-state index in [0.29, 0.717) is 11.8 Å². The molecule has 1 fully saturated rings. The summed E-state index contributed by atoms with van der Waals surface area (Å²) in [6.45, 7) is 5.84. The third-order valence-corrected chi connectivity index (χ3v) is 4.23. The van der Waals surface area contributed by atoms with Crippen LogP contribution in [0, 0.1) is 0 Å². The quantitative estimate of drug-likeness (QED) is 0.872. The highest BCUT2D eigenvalue weighted by atomic mass is 35.5.